The van der Waals surface area contributed by atoms with Gasteiger partial charge in [-0.1, -0.05) is 31.5 Å². The largest absolute Gasteiger partial charge is 0.354 e. The second kappa shape index (κ2) is 8.59. The number of nitrogens with zero attached hydrogens (tertiary/aromatic N) is 1. The van der Waals surface area contributed by atoms with Gasteiger partial charge in [0.15, 0.2) is 0 Å². The Balaban J connectivity index is 0.00000400. The number of para-hydroxylation sites is 1. The van der Waals surface area contributed by atoms with Gasteiger partial charge in [0.2, 0.25) is 5.91 Å². The molecule has 1 amide bonds. The fourth-order valence-electron chi connectivity index (χ4n) is 2.05. The summed E-state index contributed by atoms with van der Waals surface area (Å²) < 4.78 is 0. The van der Waals surface area contributed by atoms with E-state index >= 15 is 0 Å². The van der Waals surface area contributed by atoms with Crippen LogP contribution >= 0.6 is 12.4 Å². The number of nitro benzene ring substituents is 1. The molecule has 1 rings (SSSR count). The van der Waals surface area contributed by atoms with Gasteiger partial charge in [-0.2, -0.15) is 0 Å². The zero-order valence-corrected chi connectivity index (χ0v) is 13.1. The van der Waals surface area contributed by atoms with E-state index in [1.807, 2.05) is 6.92 Å². The summed E-state index contributed by atoms with van der Waals surface area (Å²) in [6, 6.07) is 6.52. The van der Waals surface area contributed by atoms with Crippen LogP contribution in [0.4, 0.5) is 5.69 Å². The molecule has 0 aliphatic carbocycles. The van der Waals surface area contributed by atoms with Gasteiger partial charge in [-0.25, -0.2) is 0 Å². The Bertz CT molecular complexity index is 492. The van der Waals surface area contributed by atoms with E-state index in [0.29, 0.717) is 24.9 Å². The van der Waals surface area contributed by atoms with Crippen molar-refractivity contribution < 1.29 is 9.72 Å². The molecule has 0 saturated carbocycles. The van der Waals surface area contributed by atoms with E-state index in [0.717, 1.165) is 6.42 Å². The van der Waals surface area contributed by atoms with Crippen LogP contribution in [0.1, 0.15) is 32.3 Å². The van der Waals surface area contributed by atoms with Crippen LogP contribution < -0.4 is 11.1 Å². The first-order chi connectivity index (χ1) is 9.38. The summed E-state index contributed by atoms with van der Waals surface area (Å²) in [5.41, 5.74) is 5.70. The van der Waals surface area contributed by atoms with Crippen molar-refractivity contribution in [2.45, 2.75) is 38.6 Å². The molecule has 6 nitrogen and oxygen atoms in total. The van der Waals surface area contributed by atoms with Crippen LogP contribution in [0.5, 0.6) is 0 Å². The van der Waals surface area contributed by atoms with Gasteiger partial charge in [-0.15, -0.1) is 12.4 Å². The zero-order valence-electron chi connectivity index (χ0n) is 12.3. The predicted molar refractivity (Wildman–Crippen MR) is 84.6 cm³/mol. The number of rotatable bonds is 7. The molecule has 0 heterocycles. The number of halogens is 1. The van der Waals surface area contributed by atoms with Crippen LogP contribution in [0.25, 0.3) is 0 Å². The van der Waals surface area contributed by atoms with Gasteiger partial charge >= 0.3 is 0 Å². The van der Waals surface area contributed by atoms with Gasteiger partial charge in [-0.05, 0) is 19.8 Å². The van der Waals surface area contributed by atoms with Gasteiger partial charge in [0.25, 0.3) is 5.69 Å². The molecule has 1 aromatic carbocycles. The van der Waals surface area contributed by atoms with Crippen molar-refractivity contribution in [2.75, 3.05) is 6.54 Å². The lowest BCUT2D eigenvalue weighted by atomic mass is 9.96. The third-order valence-corrected chi connectivity index (χ3v) is 3.16. The Morgan fingerprint density at radius 3 is 2.62 bits per heavy atom. The summed E-state index contributed by atoms with van der Waals surface area (Å²) in [4.78, 5) is 22.3. The Kier molecular flexibility index (Phi) is 7.91. The molecule has 1 unspecified atom stereocenters. The van der Waals surface area contributed by atoms with Crippen molar-refractivity contribution >= 4 is 24.0 Å². The molecule has 0 spiro atoms. The van der Waals surface area contributed by atoms with E-state index < -0.39 is 10.5 Å². The van der Waals surface area contributed by atoms with Crippen LogP contribution in [0.15, 0.2) is 24.3 Å². The minimum Gasteiger partial charge on any atom is -0.354 e. The topological polar surface area (TPSA) is 98.3 Å². The predicted octanol–water partition coefficient (Wildman–Crippen LogP) is 2.19. The van der Waals surface area contributed by atoms with Crippen LogP contribution in [0, 0.1) is 10.1 Å². The summed E-state index contributed by atoms with van der Waals surface area (Å²) in [5, 5.41) is 13.6. The summed E-state index contributed by atoms with van der Waals surface area (Å²) in [5.74, 6) is -0.224. The Morgan fingerprint density at radius 2 is 2.05 bits per heavy atom. The SMILES string of the molecule is CCCC(C)(N)C(=O)NCCc1ccccc1[N+](=O)[O-].Cl. The lowest BCUT2D eigenvalue weighted by molar-refractivity contribution is -0.385. The highest BCUT2D eigenvalue weighted by molar-refractivity contribution is 5.85. The lowest BCUT2D eigenvalue weighted by Gasteiger charge is -2.22. The van der Waals surface area contributed by atoms with Crippen molar-refractivity contribution in [1.82, 2.24) is 5.32 Å². The number of hydrogen-bond acceptors (Lipinski definition) is 4. The average molecular weight is 316 g/mol. The normalized spacial score (nSPS) is 12.9. The van der Waals surface area contributed by atoms with Gasteiger partial charge in [0.1, 0.15) is 0 Å². The molecule has 3 N–H and O–H groups in total. The molecule has 1 atom stereocenters. The number of hydrogen-bond donors (Lipinski definition) is 2. The molecule has 0 aromatic heterocycles. The highest BCUT2D eigenvalue weighted by atomic mass is 35.5. The third-order valence-electron chi connectivity index (χ3n) is 3.16. The molecule has 118 valence electrons. The van der Waals surface area contributed by atoms with E-state index in [-0.39, 0.29) is 24.0 Å². The monoisotopic (exact) mass is 315 g/mol. The molecular weight excluding hydrogens is 294 g/mol. The molecule has 0 saturated heterocycles. The first-order valence-corrected chi connectivity index (χ1v) is 6.68. The van der Waals surface area contributed by atoms with Gasteiger partial charge in [0.05, 0.1) is 10.5 Å². The number of carbonyl (C=O) groups is 1. The van der Waals surface area contributed by atoms with Crippen LogP contribution in [-0.2, 0) is 11.2 Å². The fourth-order valence-corrected chi connectivity index (χ4v) is 2.05. The van der Waals surface area contributed by atoms with Crippen molar-refractivity contribution in [3.05, 3.63) is 39.9 Å². The molecule has 21 heavy (non-hydrogen) atoms. The van der Waals surface area contributed by atoms with Crippen LogP contribution in [0.2, 0.25) is 0 Å². The number of nitrogens with one attached hydrogen (secondary N) is 1. The van der Waals surface area contributed by atoms with Crippen molar-refractivity contribution in [2.24, 2.45) is 5.73 Å². The minimum absolute atomic E-state index is 0. The summed E-state index contributed by atoms with van der Waals surface area (Å²) in [7, 11) is 0. The van der Waals surface area contributed by atoms with Crippen LogP contribution in [-0.4, -0.2) is 22.9 Å². The van der Waals surface area contributed by atoms with E-state index in [1.165, 1.54) is 6.07 Å². The second-order valence-corrected chi connectivity index (χ2v) is 5.06. The number of amides is 1. The number of benzene rings is 1. The van der Waals surface area contributed by atoms with E-state index in [1.54, 1.807) is 25.1 Å². The lowest BCUT2D eigenvalue weighted by Crippen LogP contribution is -2.51. The average Bonchev–Trinajstić information content (AvgIpc) is 2.38. The molecule has 0 aliphatic heterocycles. The smallest absolute Gasteiger partial charge is 0.272 e. The van der Waals surface area contributed by atoms with Crippen LogP contribution in [0.3, 0.4) is 0 Å². The highest BCUT2D eigenvalue weighted by Gasteiger charge is 2.26. The summed E-state index contributed by atoms with van der Waals surface area (Å²) in [6.07, 6.45) is 1.83. The fraction of sp³-hybridized carbons (Fsp3) is 0.500. The highest BCUT2D eigenvalue weighted by Crippen LogP contribution is 2.17. The first kappa shape index (κ1) is 19.3. The molecular formula is C14H22ClN3O3. The molecule has 0 fully saturated rings. The quantitative estimate of drug-likeness (QED) is 0.595. The Morgan fingerprint density at radius 1 is 1.43 bits per heavy atom. The number of carbonyl (C=O) groups excluding carboxylic acids is 1. The summed E-state index contributed by atoms with van der Waals surface area (Å²) >= 11 is 0. The maximum Gasteiger partial charge on any atom is 0.272 e. The van der Waals surface area contributed by atoms with Gasteiger partial charge in [-0.3, -0.25) is 14.9 Å². The Labute approximate surface area is 130 Å². The molecule has 0 aliphatic rings. The maximum absolute atomic E-state index is 11.9. The molecule has 7 heteroatoms. The standard InChI is InChI=1S/C14H21N3O3.ClH/c1-3-9-14(2,15)13(18)16-10-8-11-6-4-5-7-12(11)17(19)20;/h4-7H,3,8-10,15H2,1-2H3,(H,16,18);1H. The van der Waals surface area contributed by atoms with E-state index in [2.05, 4.69) is 5.32 Å². The van der Waals surface area contributed by atoms with Gasteiger partial charge < -0.3 is 11.1 Å². The number of nitro groups is 1. The van der Waals surface area contributed by atoms with Crippen molar-refractivity contribution in [3.8, 4) is 0 Å². The first-order valence-electron chi connectivity index (χ1n) is 6.68. The molecule has 1 aromatic rings. The molecule has 0 radical (unpaired) electrons. The maximum atomic E-state index is 11.9. The van der Waals surface area contributed by atoms with E-state index in [4.69, 9.17) is 5.73 Å². The third kappa shape index (κ3) is 5.69. The zero-order chi connectivity index (χ0) is 15.2. The molecule has 0 bridgehead atoms. The van der Waals surface area contributed by atoms with Crippen molar-refractivity contribution in [1.29, 1.82) is 0 Å². The minimum atomic E-state index is -0.891. The second-order valence-electron chi connectivity index (χ2n) is 5.06. The number of nitrogens with two attached hydrogens (primary N) is 1. The van der Waals surface area contributed by atoms with E-state index in [9.17, 15) is 14.9 Å². The summed E-state index contributed by atoms with van der Waals surface area (Å²) in [6.45, 7) is 3.99. The Hall–Kier alpha value is -1.66. The van der Waals surface area contributed by atoms with Gasteiger partial charge in [0, 0.05) is 18.2 Å². The van der Waals surface area contributed by atoms with Crippen molar-refractivity contribution in [3.63, 3.8) is 0 Å².